The SMILES string of the molecule is Cc1ccc(NC(=O)CN2CCCS(=O)(=O)CC2)cc1N. The maximum absolute atomic E-state index is 12.0. The van der Waals surface area contributed by atoms with E-state index in [0.717, 1.165) is 5.56 Å². The molecule has 1 heterocycles. The van der Waals surface area contributed by atoms with Gasteiger partial charge in [0.05, 0.1) is 18.1 Å². The highest BCUT2D eigenvalue weighted by atomic mass is 32.2. The van der Waals surface area contributed by atoms with Crippen LogP contribution in [-0.2, 0) is 14.6 Å². The summed E-state index contributed by atoms with van der Waals surface area (Å²) in [5.41, 5.74) is 8.06. The van der Waals surface area contributed by atoms with E-state index >= 15 is 0 Å². The molecular formula is C14H21N3O3S. The lowest BCUT2D eigenvalue weighted by atomic mass is 10.2. The molecule has 1 fully saturated rings. The molecule has 2 rings (SSSR count). The molecule has 0 radical (unpaired) electrons. The Morgan fingerprint density at radius 2 is 2.10 bits per heavy atom. The number of nitrogen functional groups attached to an aromatic ring is 1. The van der Waals surface area contributed by atoms with E-state index in [-0.39, 0.29) is 24.0 Å². The zero-order valence-corrected chi connectivity index (χ0v) is 12.9. The van der Waals surface area contributed by atoms with Crippen molar-refractivity contribution < 1.29 is 13.2 Å². The maximum Gasteiger partial charge on any atom is 0.238 e. The lowest BCUT2D eigenvalue weighted by Gasteiger charge is -2.18. The number of anilines is 2. The number of carbonyl (C=O) groups excluding carboxylic acids is 1. The summed E-state index contributed by atoms with van der Waals surface area (Å²) in [5.74, 6) is 0.176. The van der Waals surface area contributed by atoms with Crippen molar-refractivity contribution in [3.63, 3.8) is 0 Å². The number of nitrogens with zero attached hydrogens (tertiary/aromatic N) is 1. The van der Waals surface area contributed by atoms with E-state index in [4.69, 9.17) is 5.73 Å². The molecule has 6 nitrogen and oxygen atoms in total. The molecule has 21 heavy (non-hydrogen) atoms. The van der Waals surface area contributed by atoms with Crippen LogP contribution in [0.3, 0.4) is 0 Å². The van der Waals surface area contributed by atoms with Gasteiger partial charge in [0.2, 0.25) is 5.91 Å². The third kappa shape index (κ3) is 4.71. The number of hydrogen-bond donors (Lipinski definition) is 2. The highest BCUT2D eigenvalue weighted by Crippen LogP contribution is 2.16. The van der Waals surface area contributed by atoms with E-state index in [1.54, 1.807) is 12.1 Å². The molecule has 0 aliphatic carbocycles. The summed E-state index contributed by atoms with van der Waals surface area (Å²) in [6.45, 7) is 3.14. The van der Waals surface area contributed by atoms with Crippen LogP contribution >= 0.6 is 0 Å². The number of amides is 1. The molecule has 1 saturated heterocycles. The number of hydrogen-bond acceptors (Lipinski definition) is 5. The average molecular weight is 311 g/mol. The predicted octanol–water partition coefficient (Wildman–Crippen LogP) is 0.636. The van der Waals surface area contributed by atoms with Gasteiger partial charge >= 0.3 is 0 Å². The summed E-state index contributed by atoms with van der Waals surface area (Å²) in [5, 5.41) is 2.79. The number of carbonyl (C=O) groups is 1. The van der Waals surface area contributed by atoms with Crippen LogP contribution in [0.1, 0.15) is 12.0 Å². The fourth-order valence-electron chi connectivity index (χ4n) is 2.27. The van der Waals surface area contributed by atoms with Crippen molar-refractivity contribution in [2.45, 2.75) is 13.3 Å². The Labute approximate surface area is 125 Å². The average Bonchev–Trinajstić information content (AvgIpc) is 2.55. The van der Waals surface area contributed by atoms with Crippen LogP contribution in [0.25, 0.3) is 0 Å². The minimum absolute atomic E-state index is 0.123. The minimum Gasteiger partial charge on any atom is -0.398 e. The summed E-state index contributed by atoms with van der Waals surface area (Å²) >= 11 is 0. The minimum atomic E-state index is -2.95. The molecule has 1 aromatic carbocycles. The molecule has 3 N–H and O–H groups in total. The van der Waals surface area contributed by atoms with Crippen molar-refractivity contribution in [1.29, 1.82) is 0 Å². The van der Waals surface area contributed by atoms with Crippen LogP contribution in [0.5, 0.6) is 0 Å². The molecule has 0 atom stereocenters. The van der Waals surface area contributed by atoms with Crippen molar-refractivity contribution in [3.8, 4) is 0 Å². The number of nitrogens with one attached hydrogen (secondary N) is 1. The van der Waals surface area contributed by atoms with Crippen LogP contribution < -0.4 is 11.1 Å². The second kappa shape index (κ2) is 6.44. The van der Waals surface area contributed by atoms with Crippen molar-refractivity contribution in [2.24, 2.45) is 0 Å². The third-order valence-corrected chi connectivity index (χ3v) is 5.29. The van der Waals surface area contributed by atoms with Gasteiger partial charge in [-0.25, -0.2) is 8.42 Å². The van der Waals surface area contributed by atoms with Gasteiger partial charge in [0, 0.05) is 17.9 Å². The number of benzene rings is 1. The van der Waals surface area contributed by atoms with Gasteiger partial charge in [-0.05, 0) is 37.6 Å². The first kappa shape index (κ1) is 15.8. The van der Waals surface area contributed by atoms with Gasteiger partial charge in [-0.15, -0.1) is 0 Å². The molecule has 0 saturated carbocycles. The Balaban J connectivity index is 1.91. The van der Waals surface area contributed by atoms with Gasteiger partial charge in [0.25, 0.3) is 0 Å². The van der Waals surface area contributed by atoms with Crippen molar-refractivity contribution in [1.82, 2.24) is 4.90 Å². The van der Waals surface area contributed by atoms with Crippen LogP contribution in [0, 0.1) is 6.92 Å². The van der Waals surface area contributed by atoms with E-state index in [9.17, 15) is 13.2 Å². The molecule has 1 aliphatic rings. The summed E-state index contributed by atoms with van der Waals surface area (Å²) in [4.78, 5) is 13.9. The smallest absolute Gasteiger partial charge is 0.238 e. The van der Waals surface area contributed by atoms with Crippen LogP contribution in [0.2, 0.25) is 0 Å². The van der Waals surface area contributed by atoms with Crippen molar-refractivity contribution in [3.05, 3.63) is 23.8 Å². The second-order valence-corrected chi connectivity index (χ2v) is 7.70. The van der Waals surface area contributed by atoms with Gasteiger partial charge in [-0.1, -0.05) is 6.07 Å². The summed E-state index contributed by atoms with van der Waals surface area (Å²) in [6, 6.07) is 5.38. The molecule has 1 aromatic rings. The Kier molecular flexibility index (Phi) is 4.84. The quantitative estimate of drug-likeness (QED) is 0.799. The zero-order chi connectivity index (χ0) is 15.5. The maximum atomic E-state index is 12.0. The zero-order valence-electron chi connectivity index (χ0n) is 12.1. The molecule has 1 aliphatic heterocycles. The van der Waals surface area contributed by atoms with E-state index in [1.807, 2.05) is 17.9 Å². The predicted molar refractivity (Wildman–Crippen MR) is 83.9 cm³/mol. The second-order valence-electron chi connectivity index (χ2n) is 5.40. The highest BCUT2D eigenvalue weighted by Gasteiger charge is 2.20. The first-order chi connectivity index (χ1) is 9.85. The van der Waals surface area contributed by atoms with Crippen LogP contribution in [-0.4, -0.2) is 50.4 Å². The molecule has 7 heteroatoms. The van der Waals surface area contributed by atoms with E-state index in [0.29, 0.717) is 30.9 Å². The number of sulfone groups is 1. The third-order valence-electron chi connectivity index (χ3n) is 3.58. The van der Waals surface area contributed by atoms with Crippen molar-refractivity contribution >= 4 is 27.1 Å². The Morgan fingerprint density at radius 1 is 1.33 bits per heavy atom. The molecule has 0 spiro atoms. The molecular weight excluding hydrogens is 290 g/mol. The standard InChI is InChI=1S/C14H21N3O3S/c1-11-3-4-12(9-13(11)15)16-14(18)10-17-5-2-7-21(19,20)8-6-17/h3-4,9H,2,5-8,10,15H2,1H3,(H,16,18). The lowest BCUT2D eigenvalue weighted by Crippen LogP contribution is -2.35. The topological polar surface area (TPSA) is 92.5 Å². The number of rotatable bonds is 3. The first-order valence-corrected chi connectivity index (χ1v) is 8.77. The van der Waals surface area contributed by atoms with Gasteiger partial charge in [-0.3, -0.25) is 9.69 Å². The van der Waals surface area contributed by atoms with E-state index < -0.39 is 9.84 Å². The normalized spacial score (nSPS) is 18.9. The van der Waals surface area contributed by atoms with E-state index in [1.165, 1.54) is 0 Å². The first-order valence-electron chi connectivity index (χ1n) is 6.94. The molecule has 0 aromatic heterocycles. The number of nitrogens with two attached hydrogens (primary N) is 1. The number of aryl methyl sites for hydroxylation is 1. The Hall–Kier alpha value is -1.60. The fraction of sp³-hybridized carbons (Fsp3) is 0.500. The van der Waals surface area contributed by atoms with Crippen LogP contribution in [0.15, 0.2) is 18.2 Å². The molecule has 1 amide bonds. The summed E-state index contributed by atoms with van der Waals surface area (Å²) in [7, 11) is -2.95. The largest absolute Gasteiger partial charge is 0.398 e. The Morgan fingerprint density at radius 3 is 2.81 bits per heavy atom. The molecule has 116 valence electrons. The fourth-order valence-corrected chi connectivity index (χ4v) is 3.58. The van der Waals surface area contributed by atoms with Gasteiger partial charge in [0.1, 0.15) is 0 Å². The van der Waals surface area contributed by atoms with Gasteiger partial charge < -0.3 is 11.1 Å². The molecule has 0 unspecified atom stereocenters. The molecule has 0 bridgehead atoms. The summed E-state index contributed by atoms with van der Waals surface area (Å²) in [6.07, 6.45) is 0.576. The van der Waals surface area contributed by atoms with Crippen LogP contribution in [0.4, 0.5) is 11.4 Å². The van der Waals surface area contributed by atoms with E-state index in [2.05, 4.69) is 5.32 Å². The monoisotopic (exact) mass is 311 g/mol. The summed E-state index contributed by atoms with van der Waals surface area (Å²) < 4.78 is 23.0. The van der Waals surface area contributed by atoms with Gasteiger partial charge in [0.15, 0.2) is 9.84 Å². The Bertz CT molecular complexity index is 628. The highest BCUT2D eigenvalue weighted by molar-refractivity contribution is 7.91. The van der Waals surface area contributed by atoms with Gasteiger partial charge in [-0.2, -0.15) is 0 Å². The van der Waals surface area contributed by atoms with Crippen molar-refractivity contribution in [2.75, 3.05) is 42.2 Å². The lowest BCUT2D eigenvalue weighted by molar-refractivity contribution is -0.117.